The van der Waals surface area contributed by atoms with Crippen LogP contribution < -0.4 is 20.3 Å². The summed E-state index contributed by atoms with van der Waals surface area (Å²) in [7, 11) is 1.53. The standard InChI is InChI=1S/C22H23ClN4O4S/c1-14(28)24-10-11-26-19(13-20(29)25-16-8-6-15(23)7-9-16)21(30)27(22(26)32)17-4-3-5-18(12-17)31-2/h3-9,12,19H,10-11,13H2,1-2H3,(H,24,28)(H,25,29). The van der Waals surface area contributed by atoms with E-state index in [4.69, 9.17) is 28.6 Å². The van der Waals surface area contributed by atoms with Crippen molar-refractivity contribution in [3.8, 4) is 5.75 Å². The van der Waals surface area contributed by atoms with E-state index in [-0.39, 0.29) is 42.3 Å². The molecule has 168 valence electrons. The van der Waals surface area contributed by atoms with Gasteiger partial charge in [0.05, 0.1) is 19.2 Å². The number of nitrogens with zero attached hydrogens (tertiary/aromatic N) is 2. The highest BCUT2D eigenvalue weighted by molar-refractivity contribution is 7.80. The van der Waals surface area contributed by atoms with Crippen LogP contribution in [0.4, 0.5) is 11.4 Å². The van der Waals surface area contributed by atoms with Crippen molar-refractivity contribution in [2.24, 2.45) is 0 Å². The van der Waals surface area contributed by atoms with E-state index < -0.39 is 6.04 Å². The van der Waals surface area contributed by atoms with Crippen LogP contribution in [0.15, 0.2) is 48.5 Å². The lowest BCUT2D eigenvalue weighted by Crippen LogP contribution is -2.42. The van der Waals surface area contributed by atoms with Gasteiger partial charge in [-0.1, -0.05) is 17.7 Å². The minimum Gasteiger partial charge on any atom is -0.497 e. The SMILES string of the molecule is COc1cccc(N2C(=O)C(CC(=O)Nc3ccc(Cl)cc3)N(CCNC(C)=O)C2=S)c1. The lowest BCUT2D eigenvalue weighted by molar-refractivity contribution is -0.124. The number of hydrogen-bond acceptors (Lipinski definition) is 5. The van der Waals surface area contributed by atoms with E-state index in [0.717, 1.165) is 0 Å². The van der Waals surface area contributed by atoms with Crippen molar-refractivity contribution in [1.82, 2.24) is 10.2 Å². The van der Waals surface area contributed by atoms with Gasteiger partial charge in [0.1, 0.15) is 11.8 Å². The molecule has 1 unspecified atom stereocenters. The van der Waals surface area contributed by atoms with Crippen LogP contribution in [0.3, 0.4) is 0 Å². The Kier molecular flexibility index (Phi) is 7.66. The molecule has 2 aromatic rings. The summed E-state index contributed by atoms with van der Waals surface area (Å²) in [6.45, 7) is 1.97. The van der Waals surface area contributed by atoms with Crippen LogP contribution in [0.1, 0.15) is 13.3 Å². The highest BCUT2D eigenvalue weighted by Crippen LogP contribution is 2.29. The molecule has 1 aliphatic heterocycles. The summed E-state index contributed by atoms with van der Waals surface area (Å²) in [5, 5.41) is 6.28. The number of carbonyl (C=O) groups is 3. The molecule has 0 radical (unpaired) electrons. The topological polar surface area (TPSA) is 91.0 Å². The second-order valence-corrected chi connectivity index (χ2v) is 7.91. The number of thiocarbonyl (C=S) groups is 1. The molecule has 1 saturated heterocycles. The fourth-order valence-corrected chi connectivity index (χ4v) is 3.89. The van der Waals surface area contributed by atoms with Crippen LogP contribution in [0.2, 0.25) is 5.02 Å². The fourth-order valence-electron chi connectivity index (χ4n) is 3.35. The summed E-state index contributed by atoms with van der Waals surface area (Å²) in [6.07, 6.45) is -0.109. The summed E-state index contributed by atoms with van der Waals surface area (Å²) in [5.74, 6) is -0.280. The molecule has 32 heavy (non-hydrogen) atoms. The van der Waals surface area contributed by atoms with E-state index in [1.165, 1.54) is 18.9 Å². The quantitative estimate of drug-likeness (QED) is 0.572. The van der Waals surface area contributed by atoms with Crippen LogP contribution in [0.5, 0.6) is 5.75 Å². The maximum absolute atomic E-state index is 13.3. The minimum absolute atomic E-state index is 0.109. The molecule has 8 nitrogen and oxygen atoms in total. The normalized spacial score (nSPS) is 15.7. The molecule has 0 aliphatic carbocycles. The van der Waals surface area contributed by atoms with Gasteiger partial charge in [-0.2, -0.15) is 0 Å². The van der Waals surface area contributed by atoms with Crippen molar-refractivity contribution >= 4 is 58.0 Å². The molecule has 10 heteroatoms. The van der Waals surface area contributed by atoms with Crippen LogP contribution in [-0.4, -0.2) is 54.0 Å². The van der Waals surface area contributed by atoms with Crippen molar-refractivity contribution in [2.75, 3.05) is 30.4 Å². The maximum Gasteiger partial charge on any atom is 0.256 e. The van der Waals surface area contributed by atoms with Gasteiger partial charge in [0, 0.05) is 36.8 Å². The second kappa shape index (κ2) is 10.4. The smallest absolute Gasteiger partial charge is 0.256 e. The number of rotatable bonds is 8. The van der Waals surface area contributed by atoms with Gasteiger partial charge in [-0.15, -0.1) is 0 Å². The number of benzene rings is 2. The average Bonchev–Trinajstić information content (AvgIpc) is 2.99. The first-order chi connectivity index (χ1) is 15.3. The lowest BCUT2D eigenvalue weighted by atomic mass is 10.1. The Morgan fingerprint density at radius 1 is 1.19 bits per heavy atom. The van der Waals surface area contributed by atoms with Gasteiger partial charge in [-0.25, -0.2) is 0 Å². The van der Waals surface area contributed by atoms with Gasteiger partial charge in [0.15, 0.2) is 5.11 Å². The molecule has 2 aromatic carbocycles. The van der Waals surface area contributed by atoms with E-state index >= 15 is 0 Å². The Hall–Kier alpha value is -3.17. The molecule has 1 fully saturated rings. The molecule has 0 aromatic heterocycles. The van der Waals surface area contributed by atoms with Crippen LogP contribution in [0, 0.1) is 0 Å². The number of anilines is 2. The molecule has 3 rings (SSSR count). The van der Waals surface area contributed by atoms with Crippen molar-refractivity contribution in [1.29, 1.82) is 0 Å². The summed E-state index contributed by atoms with van der Waals surface area (Å²) < 4.78 is 5.25. The van der Waals surface area contributed by atoms with Crippen molar-refractivity contribution < 1.29 is 19.1 Å². The second-order valence-electron chi connectivity index (χ2n) is 7.11. The Morgan fingerprint density at radius 3 is 2.56 bits per heavy atom. The number of halogens is 1. The third kappa shape index (κ3) is 5.54. The van der Waals surface area contributed by atoms with E-state index in [1.54, 1.807) is 53.4 Å². The Bertz CT molecular complexity index is 1030. The molecule has 1 aliphatic rings. The van der Waals surface area contributed by atoms with Crippen LogP contribution in [0.25, 0.3) is 0 Å². The first kappa shape index (κ1) is 23.5. The van der Waals surface area contributed by atoms with Crippen molar-refractivity contribution in [2.45, 2.75) is 19.4 Å². The first-order valence-electron chi connectivity index (χ1n) is 9.88. The summed E-state index contributed by atoms with van der Waals surface area (Å²) in [6, 6.07) is 12.8. The Morgan fingerprint density at radius 2 is 1.91 bits per heavy atom. The largest absolute Gasteiger partial charge is 0.497 e. The summed E-state index contributed by atoms with van der Waals surface area (Å²) in [4.78, 5) is 40.4. The number of carbonyl (C=O) groups excluding carboxylic acids is 3. The molecular formula is C22H23ClN4O4S. The molecule has 0 bridgehead atoms. The van der Waals surface area contributed by atoms with Gasteiger partial charge < -0.3 is 20.3 Å². The van der Waals surface area contributed by atoms with E-state index in [9.17, 15) is 14.4 Å². The average molecular weight is 475 g/mol. The number of methoxy groups -OCH3 is 1. The predicted octanol–water partition coefficient (Wildman–Crippen LogP) is 2.82. The van der Waals surface area contributed by atoms with Crippen molar-refractivity contribution in [3.05, 3.63) is 53.6 Å². The maximum atomic E-state index is 13.3. The highest BCUT2D eigenvalue weighted by Gasteiger charge is 2.44. The molecule has 0 spiro atoms. The Balaban J connectivity index is 1.81. The molecule has 2 N–H and O–H groups in total. The molecule has 1 heterocycles. The molecule has 1 atom stereocenters. The zero-order valence-corrected chi connectivity index (χ0v) is 19.2. The molecular weight excluding hydrogens is 452 g/mol. The van der Waals surface area contributed by atoms with E-state index in [0.29, 0.717) is 22.1 Å². The zero-order valence-electron chi connectivity index (χ0n) is 17.6. The van der Waals surface area contributed by atoms with E-state index in [2.05, 4.69) is 10.6 Å². The minimum atomic E-state index is -0.810. The van der Waals surface area contributed by atoms with Gasteiger partial charge in [0.2, 0.25) is 11.8 Å². The third-order valence-corrected chi connectivity index (χ3v) is 5.53. The number of hydrogen-bond donors (Lipinski definition) is 2. The summed E-state index contributed by atoms with van der Waals surface area (Å²) in [5.41, 5.74) is 1.12. The Labute approximate surface area is 196 Å². The first-order valence-corrected chi connectivity index (χ1v) is 10.7. The molecule has 0 saturated carbocycles. The van der Waals surface area contributed by atoms with Gasteiger partial charge >= 0.3 is 0 Å². The van der Waals surface area contributed by atoms with Crippen LogP contribution in [-0.2, 0) is 14.4 Å². The van der Waals surface area contributed by atoms with E-state index in [1.807, 2.05) is 0 Å². The lowest BCUT2D eigenvalue weighted by Gasteiger charge is -2.24. The predicted molar refractivity (Wildman–Crippen MR) is 127 cm³/mol. The number of ether oxygens (including phenoxy) is 1. The fraction of sp³-hybridized carbons (Fsp3) is 0.273. The number of nitrogens with one attached hydrogen (secondary N) is 2. The zero-order chi connectivity index (χ0) is 23.3. The third-order valence-electron chi connectivity index (χ3n) is 4.86. The van der Waals surface area contributed by atoms with Gasteiger partial charge in [0.25, 0.3) is 5.91 Å². The van der Waals surface area contributed by atoms with Gasteiger partial charge in [-0.05, 0) is 48.6 Å². The number of amides is 3. The monoisotopic (exact) mass is 474 g/mol. The van der Waals surface area contributed by atoms with Gasteiger partial charge in [-0.3, -0.25) is 19.3 Å². The molecule has 3 amide bonds. The highest BCUT2D eigenvalue weighted by atomic mass is 35.5. The van der Waals surface area contributed by atoms with Crippen LogP contribution >= 0.6 is 23.8 Å². The summed E-state index contributed by atoms with van der Waals surface area (Å²) >= 11 is 11.5. The van der Waals surface area contributed by atoms with Crippen molar-refractivity contribution in [3.63, 3.8) is 0 Å².